The van der Waals surface area contributed by atoms with Crippen LogP contribution in [-0.2, 0) is 14.2 Å². The van der Waals surface area contributed by atoms with Crippen LogP contribution in [0, 0.1) is 11.8 Å². The molecule has 126 valence electrons. The van der Waals surface area contributed by atoms with Gasteiger partial charge in [-0.05, 0) is 38.7 Å². The highest BCUT2D eigenvalue weighted by atomic mass is 16.7. The van der Waals surface area contributed by atoms with Crippen LogP contribution in [0.5, 0.6) is 0 Å². The highest BCUT2D eigenvalue weighted by Crippen LogP contribution is 2.55. The van der Waals surface area contributed by atoms with E-state index in [2.05, 4.69) is 5.32 Å². The lowest BCUT2D eigenvalue weighted by molar-refractivity contribution is -0.143. The van der Waals surface area contributed by atoms with Crippen LogP contribution < -0.4 is 5.32 Å². The Morgan fingerprint density at radius 1 is 1.26 bits per heavy atom. The lowest BCUT2D eigenvalue weighted by Crippen LogP contribution is -2.41. The molecule has 1 amide bonds. The van der Waals surface area contributed by atoms with Crippen LogP contribution in [0.3, 0.4) is 0 Å². The van der Waals surface area contributed by atoms with Crippen molar-refractivity contribution in [3.63, 3.8) is 0 Å². The zero-order valence-electron chi connectivity index (χ0n) is 14.1. The Kier molecular flexibility index (Phi) is 4.34. The molecule has 1 aromatic rings. The van der Waals surface area contributed by atoms with E-state index in [9.17, 15) is 4.79 Å². The van der Waals surface area contributed by atoms with Gasteiger partial charge >= 0.3 is 6.09 Å². The first kappa shape index (κ1) is 16.3. The maximum atomic E-state index is 12.3. The summed E-state index contributed by atoms with van der Waals surface area (Å²) in [5.41, 5.74) is 0.490. The number of hydrogen-bond acceptors (Lipinski definition) is 4. The maximum absolute atomic E-state index is 12.3. The summed E-state index contributed by atoms with van der Waals surface area (Å²) in [4.78, 5) is 12.3. The fourth-order valence-corrected chi connectivity index (χ4v) is 3.29. The molecule has 0 aromatic heterocycles. The molecule has 2 aliphatic rings. The van der Waals surface area contributed by atoms with E-state index in [0.29, 0.717) is 11.8 Å². The zero-order chi connectivity index (χ0) is 16.6. The second-order valence-corrected chi connectivity index (χ2v) is 7.30. The molecule has 5 nitrogen and oxygen atoms in total. The Morgan fingerprint density at radius 3 is 2.52 bits per heavy atom. The number of carbonyl (C=O) groups is 1. The van der Waals surface area contributed by atoms with Crippen molar-refractivity contribution < 1.29 is 19.0 Å². The van der Waals surface area contributed by atoms with E-state index >= 15 is 0 Å². The normalized spacial score (nSPS) is 30.4. The second-order valence-electron chi connectivity index (χ2n) is 7.30. The maximum Gasteiger partial charge on any atom is 0.408 e. The number of ether oxygens (including phenoxy) is 3. The number of rotatable bonds is 4. The van der Waals surface area contributed by atoms with E-state index in [1.54, 1.807) is 7.11 Å². The van der Waals surface area contributed by atoms with Crippen molar-refractivity contribution in [2.24, 2.45) is 11.8 Å². The lowest BCUT2D eigenvalue weighted by atomic mass is 9.98. The van der Waals surface area contributed by atoms with Crippen LogP contribution in [0.25, 0.3) is 0 Å². The number of fused-ring (bicyclic) bond motifs is 1. The highest BCUT2D eigenvalue weighted by molar-refractivity contribution is 5.68. The highest BCUT2D eigenvalue weighted by Gasteiger charge is 2.58. The third kappa shape index (κ3) is 3.67. The molecule has 1 saturated heterocycles. The van der Waals surface area contributed by atoms with E-state index in [0.717, 1.165) is 12.0 Å². The Bertz CT molecular complexity index is 554. The van der Waals surface area contributed by atoms with Crippen molar-refractivity contribution in [2.75, 3.05) is 7.11 Å². The first-order valence-electron chi connectivity index (χ1n) is 8.12. The molecule has 1 N–H and O–H groups in total. The van der Waals surface area contributed by atoms with Gasteiger partial charge in [-0.2, -0.15) is 0 Å². The fraction of sp³-hybridized carbons (Fsp3) is 0.611. The average Bonchev–Trinajstić information content (AvgIpc) is 3.19. The molecule has 0 radical (unpaired) electrons. The van der Waals surface area contributed by atoms with Crippen molar-refractivity contribution >= 4 is 6.09 Å². The van der Waals surface area contributed by atoms with Gasteiger partial charge in [0.05, 0.1) is 12.1 Å². The smallest absolute Gasteiger partial charge is 0.408 e. The molecule has 3 rings (SSSR count). The molecular weight excluding hydrogens is 294 g/mol. The monoisotopic (exact) mass is 319 g/mol. The Hall–Kier alpha value is -1.59. The first-order chi connectivity index (χ1) is 10.9. The van der Waals surface area contributed by atoms with Crippen molar-refractivity contribution in [1.29, 1.82) is 0 Å². The van der Waals surface area contributed by atoms with Gasteiger partial charge in [-0.3, -0.25) is 0 Å². The summed E-state index contributed by atoms with van der Waals surface area (Å²) in [5.74, 6) is 0.872. The third-order valence-corrected chi connectivity index (χ3v) is 4.35. The third-order valence-electron chi connectivity index (χ3n) is 4.35. The minimum Gasteiger partial charge on any atom is -0.444 e. The van der Waals surface area contributed by atoms with Gasteiger partial charge in [0, 0.05) is 13.0 Å². The van der Waals surface area contributed by atoms with Crippen molar-refractivity contribution in [1.82, 2.24) is 5.32 Å². The average molecular weight is 319 g/mol. The van der Waals surface area contributed by atoms with Crippen molar-refractivity contribution in [3.8, 4) is 0 Å². The zero-order valence-corrected chi connectivity index (χ0v) is 14.1. The fourth-order valence-electron chi connectivity index (χ4n) is 3.29. The molecule has 5 heteroatoms. The summed E-state index contributed by atoms with van der Waals surface area (Å²) in [6.45, 7) is 5.57. The van der Waals surface area contributed by atoms with E-state index in [1.165, 1.54) is 0 Å². The van der Waals surface area contributed by atoms with Crippen molar-refractivity contribution in [2.45, 2.75) is 51.2 Å². The summed E-state index contributed by atoms with van der Waals surface area (Å²) in [5, 5.41) is 2.99. The van der Waals surface area contributed by atoms with Gasteiger partial charge < -0.3 is 19.5 Å². The molecule has 1 saturated carbocycles. The van der Waals surface area contributed by atoms with Gasteiger partial charge in [0.25, 0.3) is 0 Å². The summed E-state index contributed by atoms with van der Waals surface area (Å²) in [6, 6.07) is 9.66. The molecule has 0 spiro atoms. The predicted molar refractivity (Wildman–Crippen MR) is 85.8 cm³/mol. The topological polar surface area (TPSA) is 56.8 Å². The molecule has 23 heavy (non-hydrogen) atoms. The molecule has 5 atom stereocenters. The molecule has 0 unspecified atom stereocenters. The number of hydrogen-bond donors (Lipinski definition) is 1. The number of methoxy groups -OCH3 is 1. The standard InChI is InChI=1S/C18H25NO4/c1-18(2,3)23-17(20)19-14(11-8-6-5-7-9-11)15-12-10-13(12)16(21-4)22-15/h5-9,12-16H,10H2,1-4H3,(H,19,20)/t12-,13+,14+,15+,16+/m1/s1. The van der Waals surface area contributed by atoms with Crippen LogP contribution in [0.4, 0.5) is 4.79 Å². The van der Waals surface area contributed by atoms with Crippen LogP contribution in [0.15, 0.2) is 30.3 Å². The molecule has 1 aliphatic carbocycles. The first-order valence-corrected chi connectivity index (χ1v) is 8.12. The van der Waals surface area contributed by atoms with Gasteiger partial charge in [-0.25, -0.2) is 4.79 Å². The lowest BCUT2D eigenvalue weighted by Gasteiger charge is -2.29. The molecule has 1 heterocycles. The Morgan fingerprint density at radius 2 is 1.96 bits per heavy atom. The summed E-state index contributed by atoms with van der Waals surface area (Å²) < 4.78 is 16.8. The summed E-state index contributed by atoms with van der Waals surface area (Å²) in [7, 11) is 1.67. The number of alkyl carbamates (subject to hydrolysis) is 1. The molecule has 1 aliphatic heterocycles. The van der Waals surface area contributed by atoms with Gasteiger partial charge in [-0.15, -0.1) is 0 Å². The Labute approximate surface area is 137 Å². The van der Waals surface area contributed by atoms with Crippen LogP contribution in [-0.4, -0.2) is 31.2 Å². The minimum atomic E-state index is -0.529. The van der Waals surface area contributed by atoms with Crippen LogP contribution in [0.1, 0.15) is 38.8 Å². The number of nitrogens with one attached hydrogen (secondary N) is 1. The molecule has 2 fully saturated rings. The number of carbonyl (C=O) groups excluding carboxylic acids is 1. The summed E-state index contributed by atoms with van der Waals surface area (Å²) in [6.07, 6.45) is 0.409. The largest absolute Gasteiger partial charge is 0.444 e. The van der Waals surface area contributed by atoms with Gasteiger partial charge in [0.15, 0.2) is 6.29 Å². The predicted octanol–water partition coefficient (Wildman–Crippen LogP) is 3.26. The van der Waals surface area contributed by atoms with E-state index in [-0.39, 0.29) is 18.4 Å². The molecular formula is C18H25NO4. The SMILES string of the molecule is CO[C@H]1O[C@H]([C@@H](NC(=O)OC(C)(C)C)c2ccccc2)[C@@H]2C[C@H]12. The van der Waals surface area contributed by atoms with E-state index in [1.807, 2.05) is 51.1 Å². The number of amides is 1. The van der Waals surface area contributed by atoms with Crippen LogP contribution >= 0.6 is 0 Å². The van der Waals surface area contributed by atoms with Crippen molar-refractivity contribution in [3.05, 3.63) is 35.9 Å². The van der Waals surface area contributed by atoms with E-state index in [4.69, 9.17) is 14.2 Å². The second kappa shape index (κ2) is 6.13. The van der Waals surface area contributed by atoms with E-state index < -0.39 is 11.7 Å². The van der Waals surface area contributed by atoms with Crippen LogP contribution in [0.2, 0.25) is 0 Å². The van der Waals surface area contributed by atoms with Gasteiger partial charge in [0.1, 0.15) is 5.60 Å². The molecule has 1 aromatic carbocycles. The van der Waals surface area contributed by atoms with Gasteiger partial charge in [-0.1, -0.05) is 30.3 Å². The summed E-state index contributed by atoms with van der Waals surface area (Å²) >= 11 is 0. The molecule has 0 bridgehead atoms. The Balaban J connectivity index is 1.77. The number of benzene rings is 1. The minimum absolute atomic E-state index is 0.0835. The van der Waals surface area contributed by atoms with Gasteiger partial charge in [0.2, 0.25) is 0 Å². The quantitative estimate of drug-likeness (QED) is 0.925.